The first kappa shape index (κ1) is 31.7. The van der Waals surface area contributed by atoms with E-state index in [0.717, 1.165) is 87.1 Å². The van der Waals surface area contributed by atoms with Gasteiger partial charge in [-0.2, -0.15) is 4.31 Å². The highest BCUT2D eigenvalue weighted by atomic mass is 32.2. The molecule has 3 aromatic rings. The number of sulfonamides is 1. The fourth-order valence-electron chi connectivity index (χ4n) is 6.99. The Hall–Kier alpha value is -3.30. The summed E-state index contributed by atoms with van der Waals surface area (Å²) in [6.45, 7) is 5.48. The van der Waals surface area contributed by atoms with Crippen molar-refractivity contribution in [2.24, 2.45) is 0 Å². The maximum atomic E-state index is 13.5. The summed E-state index contributed by atoms with van der Waals surface area (Å²) in [5, 5.41) is 3.14. The van der Waals surface area contributed by atoms with Gasteiger partial charge in [0, 0.05) is 50.2 Å². The van der Waals surface area contributed by atoms with Crippen molar-refractivity contribution in [3.63, 3.8) is 0 Å². The predicted molar refractivity (Wildman–Crippen MR) is 180 cm³/mol. The van der Waals surface area contributed by atoms with Crippen LogP contribution in [0.5, 0.6) is 0 Å². The number of nitrogens with zero attached hydrogens (tertiary/aromatic N) is 2. The highest BCUT2D eigenvalue weighted by Crippen LogP contribution is 2.36. The third kappa shape index (κ3) is 7.41. The monoisotopic (exact) mass is 627 g/mol. The fourth-order valence-corrected chi connectivity index (χ4v) is 8.46. The predicted octanol–water partition coefficient (Wildman–Crippen LogP) is 6.53. The highest BCUT2D eigenvalue weighted by Gasteiger charge is 2.31. The average Bonchev–Trinajstić information content (AvgIpc) is 3.29. The van der Waals surface area contributed by atoms with E-state index in [1.807, 2.05) is 31.2 Å². The molecule has 1 aliphatic carbocycles. The van der Waals surface area contributed by atoms with Crippen LogP contribution in [0.4, 0.5) is 5.69 Å². The molecule has 2 heterocycles. The van der Waals surface area contributed by atoms with Gasteiger partial charge in [0.25, 0.3) is 5.91 Å². The van der Waals surface area contributed by atoms with Crippen molar-refractivity contribution in [1.29, 1.82) is 0 Å². The highest BCUT2D eigenvalue weighted by molar-refractivity contribution is 7.89. The lowest BCUT2D eigenvalue weighted by atomic mass is 9.84. The zero-order valence-corrected chi connectivity index (χ0v) is 27.3. The minimum absolute atomic E-state index is 0.0521. The molecule has 0 unspecified atom stereocenters. The number of amides is 1. The molecule has 2 saturated heterocycles. The van der Waals surface area contributed by atoms with Gasteiger partial charge in [-0.25, -0.2) is 8.42 Å². The number of nitrogens with one attached hydrogen (secondary N) is 1. The lowest BCUT2D eigenvalue weighted by Gasteiger charge is -2.32. The summed E-state index contributed by atoms with van der Waals surface area (Å²) < 4.78 is 33.7. The van der Waals surface area contributed by atoms with Crippen LogP contribution < -0.4 is 5.32 Å². The van der Waals surface area contributed by atoms with Crippen LogP contribution in [0.3, 0.4) is 0 Å². The normalized spacial score (nSPS) is 18.7. The second-order valence-corrected chi connectivity index (χ2v) is 14.8. The van der Waals surface area contributed by atoms with Gasteiger partial charge in [0.15, 0.2) is 0 Å². The van der Waals surface area contributed by atoms with Crippen molar-refractivity contribution in [3.05, 3.63) is 100 Å². The number of benzene rings is 3. The Balaban J connectivity index is 1.12. The van der Waals surface area contributed by atoms with Crippen molar-refractivity contribution in [3.8, 4) is 0 Å². The van der Waals surface area contributed by atoms with Crippen LogP contribution in [-0.4, -0.2) is 62.9 Å². The molecular weight excluding hydrogens is 582 g/mol. The molecule has 0 saturated carbocycles. The summed E-state index contributed by atoms with van der Waals surface area (Å²) in [6.07, 6.45) is 8.31. The molecule has 238 valence electrons. The first-order valence-electron chi connectivity index (χ1n) is 16.4. The van der Waals surface area contributed by atoms with Gasteiger partial charge in [0.2, 0.25) is 10.0 Å². The molecule has 3 aliphatic rings. The number of piperidine rings is 1. The molecule has 1 N–H and O–H groups in total. The van der Waals surface area contributed by atoms with Crippen LogP contribution in [0.1, 0.15) is 72.3 Å². The molecule has 8 heteroatoms. The number of rotatable bonds is 8. The van der Waals surface area contributed by atoms with Gasteiger partial charge < -0.3 is 10.1 Å². The Morgan fingerprint density at radius 1 is 0.933 bits per heavy atom. The van der Waals surface area contributed by atoms with Crippen LogP contribution in [-0.2, 0) is 32.5 Å². The van der Waals surface area contributed by atoms with E-state index < -0.39 is 10.0 Å². The summed E-state index contributed by atoms with van der Waals surface area (Å²) in [5.74, 6) is 0.193. The molecule has 7 nitrogen and oxygen atoms in total. The Kier molecular flexibility index (Phi) is 9.85. The van der Waals surface area contributed by atoms with E-state index in [9.17, 15) is 13.2 Å². The van der Waals surface area contributed by atoms with Gasteiger partial charge in [0.05, 0.1) is 4.90 Å². The van der Waals surface area contributed by atoms with E-state index >= 15 is 0 Å². The van der Waals surface area contributed by atoms with E-state index in [1.165, 1.54) is 16.7 Å². The number of hydrogen-bond donors (Lipinski definition) is 1. The smallest absolute Gasteiger partial charge is 0.251 e. The quantitative estimate of drug-likeness (QED) is 0.307. The summed E-state index contributed by atoms with van der Waals surface area (Å²) in [5.41, 5.74) is 7.51. The molecular formula is C37H45N3O4S. The van der Waals surface area contributed by atoms with Crippen LogP contribution in [0, 0.1) is 6.92 Å². The number of ether oxygens (including phenoxy) is 1. The van der Waals surface area contributed by atoms with Gasteiger partial charge in [-0.3, -0.25) is 9.69 Å². The minimum Gasteiger partial charge on any atom is -0.381 e. The minimum atomic E-state index is -3.51. The van der Waals surface area contributed by atoms with Gasteiger partial charge in [0.1, 0.15) is 0 Å². The molecule has 0 bridgehead atoms. The number of aryl methyl sites for hydroxylation is 2. The Morgan fingerprint density at radius 2 is 1.64 bits per heavy atom. The topological polar surface area (TPSA) is 79.0 Å². The molecule has 0 radical (unpaired) electrons. The van der Waals surface area contributed by atoms with Crippen molar-refractivity contribution >= 4 is 27.7 Å². The third-order valence-electron chi connectivity index (χ3n) is 9.74. The van der Waals surface area contributed by atoms with Gasteiger partial charge in [-0.1, -0.05) is 48.0 Å². The number of carbonyl (C=O) groups excluding carboxylic acids is 1. The first-order chi connectivity index (χ1) is 21.8. The van der Waals surface area contributed by atoms with E-state index in [0.29, 0.717) is 24.0 Å². The maximum absolute atomic E-state index is 13.5. The molecule has 2 fully saturated rings. The number of hydrogen-bond acceptors (Lipinski definition) is 5. The number of anilines is 1. The Labute approximate surface area is 268 Å². The van der Waals surface area contributed by atoms with Crippen molar-refractivity contribution in [2.45, 2.75) is 75.3 Å². The van der Waals surface area contributed by atoms with E-state index in [-0.39, 0.29) is 11.8 Å². The largest absolute Gasteiger partial charge is 0.381 e. The third-order valence-corrected chi connectivity index (χ3v) is 11.7. The second kappa shape index (κ2) is 14.0. The first-order valence-corrected chi connectivity index (χ1v) is 17.8. The summed E-state index contributed by atoms with van der Waals surface area (Å²) in [7, 11) is -1.34. The molecule has 1 amide bonds. The summed E-state index contributed by atoms with van der Waals surface area (Å²) in [4.78, 5) is 16.3. The lowest BCUT2D eigenvalue weighted by Crippen LogP contribution is -2.38. The average molecular weight is 628 g/mol. The second-order valence-electron chi connectivity index (χ2n) is 12.8. The summed E-state index contributed by atoms with van der Waals surface area (Å²) >= 11 is 0. The van der Waals surface area contributed by atoms with Crippen LogP contribution in [0.2, 0.25) is 0 Å². The summed E-state index contributed by atoms with van der Waals surface area (Å²) in [6, 6.07) is 22.3. The molecule has 2 aliphatic heterocycles. The molecule has 0 atom stereocenters. The zero-order chi connectivity index (χ0) is 31.4. The Morgan fingerprint density at radius 3 is 2.36 bits per heavy atom. The maximum Gasteiger partial charge on any atom is 0.251 e. The van der Waals surface area contributed by atoms with Gasteiger partial charge >= 0.3 is 0 Å². The van der Waals surface area contributed by atoms with Crippen molar-refractivity contribution in [2.75, 3.05) is 38.7 Å². The molecule has 6 rings (SSSR count). The van der Waals surface area contributed by atoms with E-state index in [1.54, 1.807) is 16.4 Å². The number of carbonyl (C=O) groups is 1. The molecule has 45 heavy (non-hydrogen) atoms. The SMILES string of the molecule is Cc1ccc(S(=O)(=O)N2CCC(c3cccc4c3C=C(C(=O)Nc3ccc(CN(C)C5CCOCC5)cc3)CCC4)CC2)cc1. The van der Waals surface area contributed by atoms with E-state index in [2.05, 4.69) is 53.7 Å². The Bertz CT molecular complexity index is 1620. The van der Waals surface area contributed by atoms with Crippen molar-refractivity contribution in [1.82, 2.24) is 9.21 Å². The zero-order valence-electron chi connectivity index (χ0n) is 26.5. The van der Waals surface area contributed by atoms with Crippen LogP contribution >= 0.6 is 0 Å². The van der Waals surface area contributed by atoms with Gasteiger partial charge in [-0.05, 0) is 117 Å². The van der Waals surface area contributed by atoms with Crippen LogP contribution in [0.15, 0.2) is 77.2 Å². The van der Waals surface area contributed by atoms with Crippen LogP contribution in [0.25, 0.3) is 6.08 Å². The molecule has 0 aromatic heterocycles. The number of fused-ring (bicyclic) bond motifs is 1. The molecule has 3 aromatic carbocycles. The van der Waals surface area contributed by atoms with E-state index in [4.69, 9.17) is 4.74 Å². The standard InChI is InChI=1S/C37H45N3O4S/c1-27-9-15-34(16-10-27)45(42,43)40-21-17-30(18-22-40)35-8-4-6-29-5-3-7-31(25-36(29)35)37(41)38-32-13-11-28(12-14-32)26-39(2)33-19-23-44-24-20-33/h4,6,8-16,25,30,33H,3,5,7,17-24,26H2,1-2H3,(H,38,41). The fraction of sp³-hybridized carbons (Fsp3) is 0.432. The molecule has 0 spiro atoms. The van der Waals surface area contributed by atoms with Gasteiger partial charge in [-0.15, -0.1) is 0 Å². The lowest BCUT2D eigenvalue weighted by molar-refractivity contribution is -0.112. The van der Waals surface area contributed by atoms with Crippen molar-refractivity contribution < 1.29 is 17.9 Å².